The fourth-order valence-corrected chi connectivity index (χ4v) is 2.63. The molecule has 1 aromatic carbocycles. The van der Waals surface area contributed by atoms with Gasteiger partial charge < -0.3 is 20.1 Å². The first kappa shape index (κ1) is 17.4. The smallest absolute Gasteiger partial charge is 0.416 e. The predicted octanol–water partition coefficient (Wildman–Crippen LogP) is 3.00. The van der Waals surface area contributed by atoms with E-state index in [0.29, 0.717) is 24.3 Å². The van der Waals surface area contributed by atoms with Gasteiger partial charge in [-0.2, -0.15) is 13.2 Å². The highest BCUT2D eigenvalue weighted by atomic mass is 19.4. The van der Waals surface area contributed by atoms with Crippen LogP contribution in [0.25, 0.3) is 0 Å². The molecule has 1 heterocycles. The zero-order valence-electron chi connectivity index (χ0n) is 12.6. The number of hydrogen-bond donors (Lipinski definition) is 2. The molecule has 0 spiro atoms. The number of amides is 2. The number of nitrogens with zero attached hydrogens (tertiary/aromatic N) is 1. The number of urea groups is 1. The highest BCUT2D eigenvalue weighted by molar-refractivity contribution is 5.89. The molecule has 23 heavy (non-hydrogen) atoms. The third-order valence-electron chi connectivity index (χ3n) is 3.85. The summed E-state index contributed by atoms with van der Waals surface area (Å²) in [5.74, 6) is 0.603. The molecular weight excluding hydrogens is 313 g/mol. The second kappa shape index (κ2) is 7.08. The van der Waals surface area contributed by atoms with Gasteiger partial charge in [-0.3, -0.25) is 0 Å². The maximum atomic E-state index is 12.8. The summed E-state index contributed by atoms with van der Waals surface area (Å²) in [5.41, 5.74) is 0.446. The van der Waals surface area contributed by atoms with E-state index in [2.05, 4.69) is 5.32 Å². The SMILES string of the molecule is COc1ccc(NC(=O)N2CCCC[C@@H]2[C@@H](O)C(F)(F)F)cc1. The summed E-state index contributed by atoms with van der Waals surface area (Å²) in [4.78, 5) is 13.3. The molecule has 128 valence electrons. The summed E-state index contributed by atoms with van der Waals surface area (Å²) in [6, 6.07) is 4.54. The lowest BCUT2D eigenvalue weighted by Crippen LogP contribution is -2.55. The van der Waals surface area contributed by atoms with Gasteiger partial charge in [0.15, 0.2) is 6.10 Å². The average molecular weight is 332 g/mol. The second-order valence-corrected chi connectivity index (χ2v) is 5.40. The lowest BCUT2D eigenvalue weighted by atomic mass is 9.97. The van der Waals surface area contributed by atoms with E-state index in [1.165, 1.54) is 7.11 Å². The Labute approximate surface area is 132 Å². The molecule has 0 unspecified atom stereocenters. The van der Waals surface area contributed by atoms with E-state index in [1.807, 2.05) is 0 Å². The third kappa shape index (κ3) is 4.28. The third-order valence-corrected chi connectivity index (χ3v) is 3.85. The minimum absolute atomic E-state index is 0.122. The van der Waals surface area contributed by atoms with Gasteiger partial charge in [-0.1, -0.05) is 0 Å². The molecule has 2 rings (SSSR count). The Morgan fingerprint density at radius 3 is 2.57 bits per heavy atom. The first-order valence-electron chi connectivity index (χ1n) is 7.29. The number of piperidine rings is 1. The van der Waals surface area contributed by atoms with E-state index < -0.39 is 24.4 Å². The van der Waals surface area contributed by atoms with Crippen LogP contribution in [0.5, 0.6) is 5.75 Å². The number of carbonyl (C=O) groups excluding carboxylic acids is 1. The number of halogens is 3. The monoisotopic (exact) mass is 332 g/mol. The molecule has 0 saturated carbocycles. The van der Waals surface area contributed by atoms with Crippen LogP contribution < -0.4 is 10.1 Å². The van der Waals surface area contributed by atoms with Crippen LogP contribution >= 0.6 is 0 Å². The summed E-state index contributed by atoms with van der Waals surface area (Å²) in [7, 11) is 1.50. The standard InChI is InChI=1S/C15H19F3N2O3/c1-23-11-7-5-10(6-8-11)19-14(22)20-9-3-2-4-12(20)13(21)15(16,17)18/h5-8,12-13,21H,2-4,9H2,1H3,(H,19,22)/t12-,13-/m1/s1. The van der Waals surface area contributed by atoms with Crippen molar-refractivity contribution < 1.29 is 27.8 Å². The number of anilines is 1. The maximum absolute atomic E-state index is 12.8. The molecule has 1 aliphatic heterocycles. The predicted molar refractivity (Wildman–Crippen MR) is 78.4 cm³/mol. The van der Waals surface area contributed by atoms with Crippen LogP contribution in [-0.2, 0) is 0 Å². The molecule has 8 heteroatoms. The Morgan fingerprint density at radius 1 is 1.35 bits per heavy atom. The van der Waals surface area contributed by atoms with Crippen molar-refractivity contribution in [2.75, 3.05) is 19.0 Å². The Morgan fingerprint density at radius 2 is 2.00 bits per heavy atom. The van der Waals surface area contributed by atoms with Crippen LogP contribution in [0.1, 0.15) is 19.3 Å². The van der Waals surface area contributed by atoms with Crippen LogP contribution in [-0.4, -0.2) is 48.0 Å². The highest BCUT2D eigenvalue weighted by Crippen LogP contribution is 2.30. The van der Waals surface area contributed by atoms with E-state index in [9.17, 15) is 23.1 Å². The van der Waals surface area contributed by atoms with E-state index in [1.54, 1.807) is 24.3 Å². The van der Waals surface area contributed by atoms with Gasteiger partial charge in [0.1, 0.15) is 5.75 Å². The van der Waals surface area contributed by atoms with Gasteiger partial charge in [0.25, 0.3) is 0 Å². The summed E-state index contributed by atoms with van der Waals surface area (Å²) >= 11 is 0. The maximum Gasteiger partial charge on any atom is 0.416 e. The van der Waals surface area contributed by atoms with E-state index in [0.717, 1.165) is 4.90 Å². The molecule has 1 aromatic rings. The Balaban J connectivity index is 2.08. The Kier molecular flexibility index (Phi) is 5.35. The molecule has 2 atom stereocenters. The van der Waals surface area contributed by atoms with Gasteiger partial charge >= 0.3 is 12.2 Å². The van der Waals surface area contributed by atoms with E-state index >= 15 is 0 Å². The number of aliphatic hydroxyl groups excluding tert-OH is 1. The minimum atomic E-state index is -4.75. The molecule has 0 bridgehead atoms. The van der Waals surface area contributed by atoms with Crippen molar-refractivity contribution in [3.63, 3.8) is 0 Å². The number of hydrogen-bond acceptors (Lipinski definition) is 3. The van der Waals surface area contributed by atoms with Gasteiger partial charge in [-0.15, -0.1) is 0 Å². The zero-order chi connectivity index (χ0) is 17.0. The van der Waals surface area contributed by atoms with Crippen molar-refractivity contribution in [1.82, 2.24) is 4.90 Å². The molecule has 1 fully saturated rings. The fraction of sp³-hybridized carbons (Fsp3) is 0.533. The molecular formula is C15H19F3N2O3. The van der Waals surface area contributed by atoms with Crippen molar-refractivity contribution >= 4 is 11.7 Å². The van der Waals surface area contributed by atoms with Gasteiger partial charge in [0, 0.05) is 12.2 Å². The fourth-order valence-electron chi connectivity index (χ4n) is 2.63. The summed E-state index contributed by atoms with van der Waals surface area (Å²) < 4.78 is 43.3. The number of aliphatic hydroxyl groups is 1. The van der Waals surface area contributed by atoms with Crippen LogP contribution in [0.4, 0.5) is 23.7 Å². The normalized spacial score (nSPS) is 20.0. The number of carbonyl (C=O) groups is 1. The summed E-state index contributed by atoms with van der Waals surface area (Å²) in [6.45, 7) is 0.180. The molecule has 5 nitrogen and oxygen atoms in total. The molecule has 1 aliphatic rings. The van der Waals surface area contributed by atoms with Crippen LogP contribution in [0.2, 0.25) is 0 Å². The largest absolute Gasteiger partial charge is 0.497 e. The van der Waals surface area contributed by atoms with Crippen molar-refractivity contribution in [3.8, 4) is 5.75 Å². The number of rotatable bonds is 3. The van der Waals surface area contributed by atoms with Crippen LogP contribution in [0.3, 0.4) is 0 Å². The van der Waals surface area contributed by atoms with Gasteiger partial charge in [-0.25, -0.2) is 4.79 Å². The molecule has 2 amide bonds. The number of benzene rings is 1. The Bertz CT molecular complexity index is 534. The molecule has 0 radical (unpaired) electrons. The zero-order valence-corrected chi connectivity index (χ0v) is 12.6. The van der Waals surface area contributed by atoms with Gasteiger partial charge in [0.05, 0.1) is 13.2 Å². The lowest BCUT2D eigenvalue weighted by molar-refractivity contribution is -0.221. The number of nitrogens with one attached hydrogen (secondary N) is 1. The quantitative estimate of drug-likeness (QED) is 0.894. The number of likely N-dealkylation sites (tertiary alicyclic amines) is 1. The average Bonchev–Trinajstić information content (AvgIpc) is 2.54. The molecule has 2 N–H and O–H groups in total. The number of alkyl halides is 3. The van der Waals surface area contributed by atoms with Gasteiger partial charge in [0.2, 0.25) is 0 Å². The first-order valence-corrected chi connectivity index (χ1v) is 7.29. The molecule has 0 aromatic heterocycles. The van der Waals surface area contributed by atoms with Crippen LogP contribution in [0, 0.1) is 0 Å². The molecule has 0 aliphatic carbocycles. The molecule has 1 saturated heterocycles. The topological polar surface area (TPSA) is 61.8 Å². The minimum Gasteiger partial charge on any atom is -0.497 e. The van der Waals surface area contributed by atoms with Gasteiger partial charge in [-0.05, 0) is 43.5 Å². The van der Waals surface area contributed by atoms with Crippen molar-refractivity contribution in [1.29, 1.82) is 0 Å². The summed E-state index contributed by atoms with van der Waals surface area (Å²) in [6.07, 6.45) is -6.01. The lowest BCUT2D eigenvalue weighted by Gasteiger charge is -2.38. The van der Waals surface area contributed by atoms with Crippen molar-refractivity contribution in [2.24, 2.45) is 0 Å². The first-order chi connectivity index (χ1) is 10.8. The highest BCUT2D eigenvalue weighted by Gasteiger charge is 2.47. The number of ether oxygens (including phenoxy) is 1. The van der Waals surface area contributed by atoms with Crippen molar-refractivity contribution in [3.05, 3.63) is 24.3 Å². The van der Waals surface area contributed by atoms with E-state index in [4.69, 9.17) is 4.74 Å². The van der Waals surface area contributed by atoms with Crippen molar-refractivity contribution in [2.45, 2.75) is 37.6 Å². The summed E-state index contributed by atoms with van der Waals surface area (Å²) in [5, 5.41) is 12.1. The van der Waals surface area contributed by atoms with Crippen LogP contribution in [0.15, 0.2) is 24.3 Å². The Hall–Kier alpha value is -1.96. The second-order valence-electron chi connectivity index (χ2n) is 5.40. The number of methoxy groups -OCH3 is 1. The van der Waals surface area contributed by atoms with E-state index in [-0.39, 0.29) is 13.0 Å².